The van der Waals surface area contributed by atoms with Gasteiger partial charge in [-0.1, -0.05) is 12.1 Å². The summed E-state index contributed by atoms with van der Waals surface area (Å²) >= 11 is 0. The minimum Gasteiger partial charge on any atom is -0.369 e. The van der Waals surface area contributed by atoms with Crippen molar-refractivity contribution in [1.82, 2.24) is 15.5 Å². The molecule has 2 saturated heterocycles. The summed E-state index contributed by atoms with van der Waals surface area (Å²) in [5.74, 6) is -0.0247. The van der Waals surface area contributed by atoms with Crippen molar-refractivity contribution in [3.8, 4) is 6.07 Å². The summed E-state index contributed by atoms with van der Waals surface area (Å²) in [6.45, 7) is 7.32. The van der Waals surface area contributed by atoms with Gasteiger partial charge in [0, 0.05) is 37.9 Å². The van der Waals surface area contributed by atoms with Crippen LogP contribution in [0.5, 0.6) is 0 Å². The van der Waals surface area contributed by atoms with Gasteiger partial charge in [0.25, 0.3) is 0 Å². The molecule has 1 aromatic rings. The van der Waals surface area contributed by atoms with Gasteiger partial charge in [-0.25, -0.2) is 0 Å². The standard InChI is InChI=1S/C19H27N5O/c1-15(24-12-2-3-18(24)19(25)22-9-8-20)16-4-6-17(7-5-16)23-13-10-21-11-14-23/h4-7,15,18,21H,2-3,9-14H2,1H3,(H,22,25)/t15-,18+/m1/s1. The van der Waals surface area contributed by atoms with Gasteiger partial charge >= 0.3 is 0 Å². The Morgan fingerprint density at radius 1 is 1.32 bits per heavy atom. The lowest BCUT2D eigenvalue weighted by atomic mass is 10.0. The van der Waals surface area contributed by atoms with Crippen molar-refractivity contribution in [3.05, 3.63) is 29.8 Å². The minimum absolute atomic E-state index is 0.0247. The van der Waals surface area contributed by atoms with Crippen LogP contribution in [0, 0.1) is 11.3 Å². The first-order valence-corrected chi connectivity index (χ1v) is 9.16. The van der Waals surface area contributed by atoms with Crippen LogP contribution in [0.3, 0.4) is 0 Å². The normalized spacial score (nSPS) is 22.4. The molecule has 0 aliphatic carbocycles. The molecular weight excluding hydrogens is 314 g/mol. The number of nitriles is 1. The minimum atomic E-state index is -0.129. The summed E-state index contributed by atoms with van der Waals surface area (Å²) in [6, 6.07) is 10.8. The van der Waals surface area contributed by atoms with Gasteiger partial charge in [-0.15, -0.1) is 0 Å². The van der Waals surface area contributed by atoms with Crippen LogP contribution in [-0.2, 0) is 4.79 Å². The Kier molecular flexibility index (Phi) is 5.90. The molecule has 0 radical (unpaired) electrons. The Balaban J connectivity index is 1.66. The Bertz CT molecular complexity index is 618. The van der Waals surface area contributed by atoms with Crippen LogP contribution in [0.4, 0.5) is 5.69 Å². The Hall–Kier alpha value is -2.10. The molecule has 2 aliphatic heterocycles. The number of amides is 1. The number of hydrogen-bond donors (Lipinski definition) is 2. The SMILES string of the molecule is C[C@H](c1ccc(N2CCNCC2)cc1)N1CCC[C@H]1C(=O)NCC#N. The molecule has 2 heterocycles. The Morgan fingerprint density at radius 3 is 2.72 bits per heavy atom. The van der Waals surface area contributed by atoms with Crippen LogP contribution in [0.25, 0.3) is 0 Å². The molecule has 2 aliphatic rings. The predicted molar refractivity (Wildman–Crippen MR) is 98.3 cm³/mol. The van der Waals surface area contributed by atoms with E-state index in [9.17, 15) is 4.79 Å². The van der Waals surface area contributed by atoms with Crippen LogP contribution >= 0.6 is 0 Å². The monoisotopic (exact) mass is 341 g/mol. The number of carbonyl (C=O) groups excluding carboxylic acids is 1. The second-order valence-corrected chi connectivity index (χ2v) is 6.78. The van der Waals surface area contributed by atoms with Crippen LogP contribution < -0.4 is 15.5 Å². The van der Waals surface area contributed by atoms with Gasteiger partial charge in [-0.3, -0.25) is 9.69 Å². The molecule has 6 heteroatoms. The van der Waals surface area contributed by atoms with Crippen molar-refractivity contribution in [3.63, 3.8) is 0 Å². The first-order chi connectivity index (χ1) is 12.2. The Morgan fingerprint density at radius 2 is 2.04 bits per heavy atom. The van der Waals surface area contributed by atoms with E-state index in [1.54, 1.807) is 0 Å². The van der Waals surface area contributed by atoms with Gasteiger partial charge in [-0.05, 0) is 44.0 Å². The number of hydrogen-bond acceptors (Lipinski definition) is 5. The van der Waals surface area contributed by atoms with Gasteiger partial charge in [0.15, 0.2) is 0 Å². The largest absolute Gasteiger partial charge is 0.369 e. The fourth-order valence-electron chi connectivity index (χ4n) is 3.86. The van der Waals surface area contributed by atoms with Gasteiger partial charge in [0.1, 0.15) is 6.54 Å². The number of rotatable bonds is 5. The van der Waals surface area contributed by atoms with E-state index in [-0.39, 0.29) is 24.5 Å². The number of benzene rings is 1. The lowest BCUT2D eigenvalue weighted by Crippen LogP contribution is -2.44. The van der Waals surface area contributed by atoms with Gasteiger partial charge in [-0.2, -0.15) is 5.26 Å². The number of carbonyl (C=O) groups is 1. The number of anilines is 1. The molecule has 0 unspecified atom stereocenters. The van der Waals surface area contributed by atoms with Crippen molar-refractivity contribution in [2.75, 3.05) is 44.2 Å². The summed E-state index contributed by atoms with van der Waals surface area (Å²) < 4.78 is 0. The fourth-order valence-corrected chi connectivity index (χ4v) is 3.86. The number of nitrogens with one attached hydrogen (secondary N) is 2. The summed E-state index contributed by atoms with van der Waals surface area (Å²) in [6.07, 6.45) is 1.88. The maximum absolute atomic E-state index is 12.3. The highest BCUT2D eigenvalue weighted by Crippen LogP contribution is 2.30. The van der Waals surface area contributed by atoms with Crippen molar-refractivity contribution in [1.29, 1.82) is 5.26 Å². The van der Waals surface area contributed by atoms with E-state index in [0.717, 1.165) is 45.6 Å². The molecule has 1 aromatic carbocycles. The number of nitrogens with zero attached hydrogens (tertiary/aromatic N) is 3. The fraction of sp³-hybridized carbons (Fsp3) is 0.579. The van der Waals surface area contributed by atoms with Gasteiger partial charge < -0.3 is 15.5 Å². The second-order valence-electron chi connectivity index (χ2n) is 6.78. The molecule has 0 aromatic heterocycles. The molecule has 3 rings (SSSR count). The molecule has 0 spiro atoms. The average Bonchev–Trinajstić information content (AvgIpc) is 3.16. The highest BCUT2D eigenvalue weighted by Gasteiger charge is 2.34. The topological polar surface area (TPSA) is 71.4 Å². The predicted octanol–water partition coefficient (Wildman–Crippen LogP) is 1.26. The summed E-state index contributed by atoms with van der Waals surface area (Å²) in [7, 11) is 0. The van der Waals surface area contributed by atoms with Crippen molar-refractivity contribution in [2.45, 2.75) is 31.8 Å². The molecule has 0 bridgehead atoms. The van der Waals surface area contributed by atoms with E-state index in [0.29, 0.717) is 0 Å². The molecule has 134 valence electrons. The number of likely N-dealkylation sites (tertiary alicyclic amines) is 1. The maximum atomic E-state index is 12.3. The van der Waals surface area contributed by atoms with Crippen LogP contribution in [0.15, 0.2) is 24.3 Å². The van der Waals surface area contributed by atoms with E-state index in [1.165, 1.54) is 11.3 Å². The first kappa shape index (κ1) is 17.7. The van der Waals surface area contributed by atoms with E-state index in [2.05, 4.69) is 51.6 Å². The molecule has 2 atom stereocenters. The quantitative estimate of drug-likeness (QED) is 0.789. The van der Waals surface area contributed by atoms with Crippen molar-refractivity contribution in [2.24, 2.45) is 0 Å². The average molecular weight is 341 g/mol. The van der Waals surface area contributed by atoms with Crippen molar-refractivity contribution >= 4 is 11.6 Å². The maximum Gasteiger partial charge on any atom is 0.238 e. The van der Waals surface area contributed by atoms with Gasteiger partial charge in [0.2, 0.25) is 5.91 Å². The smallest absolute Gasteiger partial charge is 0.238 e. The third-order valence-electron chi connectivity index (χ3n) is 5.29. The van der Waals surface area contributed by atoms with Gasteiger partial charge in [0.05, 0.1) is 12.1 Å². The van der Waals surface area contributed by atoms with Crippen LogP contribution in [0.1, 0.15) is 31.4 Å². The second kappa shape index (κ2) is 8.32. The number of piperazine rings is 1. The zero-order chi connectivity index (χ0) is 17.6. The van der Waals surface area contributed by atoms with E-state index in [4.69, 9.17) is 5.26 Å². The summed E-state index contributed by atoms with van der Waals surface area (Å²) in [4.78, 5) is 17.0. The van der Waals surface area contributed by atoms with Crippen LogP contribution in [0.2, 0.25) is 0 Å². The molecule has 6 nitrogen and oxygen atoms in total. The Labute approximate surface area is 149 Å². The zero-order valence-corrected chi connectivity index (χ0v) is 14.9. The summed E-state index contributed by atoms with van der Waals surface area (Å²) in [5.41, 5.74) is 2.50. The van der Waals surface area contributed by atoms with E-state index in [1.807, 2.05) is 6.07 Å². The zero-order valence-electron chi connectivity index (χ0n) is 14.9. The highest BCUT2D eigenvalue weighted by molar-refractivity contribution is 5.82. The van der Waals surface area contributed by atoms with Crippen molar-refractivity contribution < 1.29 is 4.79 Å². The molecule has 25 heavy (non-hydrogen) atoms. The third kappa shape index (κ3) is 4.12. The first-order valence-electron chi connectivity index (χ1n) is 9.16. The van der Waals surface area contributed by atoms with E-state index >= 15 is 0 Å². The molecule has 0 saturated carbocycles. The lowest BCUT2D eigenvalue weighted by molar-refractivity contribution is -0.125. The molecule has 2 N–H and O–H groups in total. The lowest BCUT2D eigenvalue weighted by Gasteiger charge is -2.31. The molecule has 2 fully saturated rings. The highest BCUT2D eigenvalue weighted by atomic mass is 16.2. The third-order valence-corrected chi connectivity index (χ3v) is 5.29. The van der Waals surface area contributed by atoms with Crippen LogP contribution in [-0.4, -0.2) is 56.1 Å². The molecule has 1 amide bonds. The van der Waals surface area contributed by atoms with E-state index < -0.39 is 0 Å². The molecular formula is C19H27N5O. The summed E-state index contributed by atoms with van der Waals surface area (Å²) in [5, 5.41) is 14.7.